The maximum atomic E-state index is 14.1. The fourth-order valence-electron chi connectivity index (χ4n) is 6.68. The van der Waals surface area contributed by atoms with Crippen LogP contribution >= 0.6 is 21.6 Å². The smallest absolute Gasteiger partial charge is 0.246 e. The van der Waals surface area contributed by atoms with Gasteiger partial charge in [0.15, 0.2) is 5.96 Å². The number of amides is 11. The molecule has 0 aromatic heterocycles. The maximum absolute atomic E-state index is 14.1. The molecule has 1 fully saturated rings. The van der Waals surface area contributed by atoms with E-state index in [-0.39, 0.29) is 56.1 Å². The van der Waals surface area contributed by atoms with Crippen LogP contribution in [0.3, 0.4) is 0 Å². The van der Waals surface area contributed by atoms with Crippen molar-refractivity contribution in [1.29, 1.82) is 0 Å². The van der Waals surface area contributed by atoms with Gasteiger partial charge in [-0.05, 0) is 49.8 Å². The van der Waals surface area contributed by atoms with Gasteiger partial charge in [0.2, 0.25) is 65.0 Å². The zero-order valence-corrected chi connectivity index (χ0v) is 41.9. The lowest BCUT2D eigenvalue weighted by molar-refractivity contribution is -0.139. The van der Waals surface area contributed by atoms with Crippen molar-refractivity contribution in [2.75, 3.05) is 44.8 Å². The van der Waals surface area contributed by atoms with Crippen LogP contribution in [0.15, 0.2) is 29.3 Å². The third kappa shape index (κ3) is 23.1. The Labute approximate surface area is 419 Å². The second kappa shape index (κ2) is 31.4. The number of benzene rings is 1. The highest BCUT2D eigenvalue weighted by molar-refractivity contribution is 8.76. The number of nitrogens with one attached hydrogen (secondary N) is 7. The molecule has 1 aromatic rings. The first-order valence-corrected chi connectivity index (χ1v) is 25.2. The van der Waals surface area contributed by atoms with Crippen molar-refractivity contribution in [3.05, 3.63) is 29.8 Å². The number of primary amides is 3. The predicted octanol–water partition coefficient (Wildman–Crippen LogP) is -4.38. The number of rotatable bonds is 22. The lowest BCUT2D eigenvalue weighted by Gasteiger charge is -2.29. The van der Waals surface area contributed by atoms with Gasteiger partial charge in [0.05, 0.1) is 26.1 Å². The van der Waals surface area contributed by atoms with Crippen LogP contribution in [-0.4, -0.2) is 157 Å². The molecular formula is C43H68N14O12S2. The van der Waals surface area contributed by atoms with Gasteiger partial charge in [0.25, 0.3) is 0 Å². The molecule has 0 bridgehead atoms. The van der Waals surface area contributed by atoms with Gasteiger partial charge in [-0.25, -0.2) is 0 Å². The number of aliphatic imine (C=N–C) groups is 1. The van der Waals surface area contributed by atoms with E-state index in [1.807, 2.05) is 6.92 Å². The molecular weight excluding hydrogens is 969 g/mol. The van der Waals surface area contributed by atoms with Crippen molar-refractivity contribution in [3.8, 4) is 5.75 Å². The fraction of sp³-hybridized carbons (Fsp3) is 0.581. The Balaban J connectivity index is 2.54. The molecule has 394 valence electrons. The Morgan fingerprint density at radius 3 is 2.07 bits per heavy atom. The van der Waals surface area contributed by atoms with E-state index in [2.05, 4.69) is 42.2 Å². The van der Waals surface area contributed by atoms with Crippen LogP contribution in [0, 0.1) is 5.92 Å². The van der Waals surface area contributed by atoms with E-state index in [0.29, 0.717) is 24.3 Å². The summed E-state index contributed by atoms with van der Waals surface area (Å²) in [5, 5.41) is 17.7. The van der Waals surface area contributed by atoms with Gasteiger partial charge in [0, 0.05) is 44.4 Å². The average Bonchev–Trinajstić information content (AvgIpc) is 3.30. The first-order chi connectivity index (χ1) is 33.5. The second-order valence-electron chi connectivity index (χ2n) is 16.4. The highest BCUT2D eigenvalue weighted by Crippen LogP contribution is 2.24. The molecule has 0 unspecified atom stereocenters. The van der Waals surface area contributed by atoms with Crippen molar-refractivity contribution >= 4 is 92.5 Å². The SMILES string of the molecule is CCOc1ccc(C[C@H]2NC(=O)CCSSC[C@@H](C(=O)N(C)CC(=O)N[C@@H](CCCN=C(N)N)C(=O)NCC(N)=O)NC(=O)[C@H](CC(N)=O)NC(=O)[C@H](CCC(N)=O)NC(=O)[C@H]([C@@H](C)CC)NC2=O)cc1. The predicted molar refractivity (Wildman–Crippen MR) is 264 cm³/mol. The van der Waals surface area contributed by atoms with Crippen molar-refractivity contribution in [1.82, 2.24) is 42.1 Å². The summed E-state index contributed by atoms with van der Waals surface area (Å²) >= 11 is 0. The number of likely N-dealkylation sites (N-methyl/N-ethyl adjacent to an activating group) is 1. The van der Waals surface area contributed by atoms with Crippen LogP contribution in [0.2, 0.25) is 0 Å². The normalized spacial score (nSPS) is 20.4. The second-order valence-corrected chi connectivity index (χ2v) is 19.1. The highest BCUT2D eigenvalue weighted by atomic mass is 33.1. The van der Waals surface area contributed by atoms with Gasteiger partial charge < -0.3 is 75.5 Å². The Morgan fingerprint density at radius 1 is 0.817 bits per heavy atom. The van der Waals surface area contributed by atoms with E-state index in [9.17, 15) is 52.7 Å². The largest absolute Gasteiger partial charge is 0.494 e. The van der Waals surface area contributed by atoms with Gasteiger partial charge in [0.1, 0.15) is 42.0 Å². The van der Waals surface area contributed by atoms with E-state index in [4.69, 9.17) is 33.4 Å². The van der Waals surface area contributed by atoms with E-state index in [0.717, 1.165) is 26.5 Å². The Morgan fingerprint density at radius 2 is 1.46 bits per heavy atom. The highest BCUT2D eigenvalue weighted by Gasteiger charge is 2.36. The molecule has 0 spiro atoms. The third-order valence-corrected chi connectivity index (χ3v) is 13.0. The molecule has 28 heteroatoms. The molecule has 1 saturated heterocycles. The minimum atomic E-state index is -1.75. The molecule has 1 aromatic carbocycles. The number of carbonyl (C=O) groups excluding carboxylic acids is 11. The third-order valence-electron chi connectivity index (χ3n) is 10.6. The molecule has 1 aliphatic rings. The Hall–Kier alpha value is -6.84. The first-order valence-electron chi connectivity index (χ1n) is 22.7. The molecule has 26 nitrogen and oxygen atoms in total. The minimum absolute atomic E-state index is 0.00319. The summed E-state index contributed by atoms with van der Waals surface area (Å²) in [6.07, 6.45) is -1.16. The molecule has 11 amide bonds. The number of hydrogen-bond donors (Lipinski definition) is 12. The molecule has 0 saturated carbocycles. The number of nitrogens with two attached hydrogens (primary N) is 5. The average molecular weight is 1040 g/mol. The number of guanidine groups is 1. The molecule has 2 rings (SSSR count). The zero-order valence-electron chi connectivity index (χ0n) is 40.2. The van der Waals surface area contributed by atoms with Crippen molar-refractivity contribution < 1.29 is 57.5 Å². The van der Waals surface area contributed by atoms with E-state index < -0.39 is 133 Å². The topological polar surface area (TPSA) is 427 Å². The van der Waals surface area contributed by atoms with E-state index >= 15 is 0 Å². The summed E-state index contributed by atoms with van der Waals surface area (Å²) in [6.45, 7) is 4.59. The zero-order chi connectivity index (χ0) is 53.2. The molecule has 1 aliphatic heterocycles. The van der Waals surface area contributed by atoms with E-state index in [1.165, 1.54) is 7.05 Å². The van der Waals surface area contributed by atoms with Crippen LogP contribution in [0.1, 0.15) is 71.3 Å². The Kier molecular flexibility index (Phi) is 26.7. The molecule has 0 radical (unpaired) electrons. The summed E-state index contributed by atoms with van der Waals surface area (Å²) in [5.41, 5.74) is 27.4. The molecule has 1 heterocycles. The molecule has 71 heavy (non-hydrogen) atoms. The van der Waals surface area contributed by atoms with Crippen LogP contribution in [0.4, 0.5) is 0 Å². The van der Waals surface area contributed by atoms with Gasteiger partial charge in [-0.15, -0.1) is 0 Å². The number of hydrogen-bond acceptors (Lipinski definition) is 15. The van der Waals surface area contributed by atoms with Crippen LogP contribution in [0.5, 0.6) is 5.75 Å². The molecule has 0 aliphatic carbocycles. The quantitative estimate of drug-likeness (QED) is 0.0226. The lowest BCUT2D eigenvalue weighted by Crippen LogP contribution is -2.61. The standard InChI is InChI=1S/C43H68N14O12S2/c1-5-23(3)36-41(67)53-27(13-14-31(44)58)38(64)54-29(19-32(45)59)39(65)55-30(42(68)57(4)21-35(62)51-26(8-7-16-49-43(47)48)37(63)50-20-33(46)60)22-71-70-17-15-34(61)52-28(40(66)56-36)18-24-9-11-25(12-10-24)69-6-2/h9-12,23,26-30,36H,5-8,13-22H2,1-4H3,(H2,44,58)(H2,45,59)(H2,46,60)(H,50,63)(H,51,62)(H,52,61)(H,53,67)(H,54,64)(H,55,65)(H,56,66)(H4,47,48,49)/t23-,26-,27-,28+,29-,30-,36-/m0/s1. The van der Waals surface area contributed by atoms with Crippen molar-refractivity contribution in [2.24, 2.45) is 39.6 Å². The van der Waals surface area contributed by atoms with E-state index in [1.54, 1.807) is 38.1 Å². The van der Waals surface area contributed by atoms with Crippen molar-refractivity contribution in [3.63, 3.8) is 0 Å². The summed E-state index contributed by atoms with van der Waals surface area (Å²) in [7, 11) is 3.41. The van der Waals surface area contributed by atoms with Crippen molar-refractivity contribution in [2.45, 2.75) is 108 Å². The first kappa shape index (κ1) is 60.3. The van der Waals surface area contributed by atoms with Gasteiger partial charge in [-0.3, -0.25) is 57.7 Å². The molecule has 7 atom stereocenters. The van der Waals surface area contributed by atoms with Gasteiger partial charge in [-0.1, -0.05) is 54.0 Å². The number of nitrogens with zero attached hydrogens (tertiary/aromatic N) is 2. The minimum Gasteiger partial charge on any atom is -0.494 e. The number of carbonyl (C=O) groups is 11. The molecule has 17 N–H and O–H groups in total. The summed E-state index contributed by atoms with van der Waals surface area (Å²) < 4.78 is 5.53. The lowest BCUT2D eigenvalue weighted by atomic mass is 9.96. The maximum Gasteiger partial charge on any atom is 0.246 e. The summed E-state index contributed by atoms with van der Waals surface area (Å²) in [5.74, 6) is -9.67. The fourth-order valence-corrected chi connectivity index (χ4v) is 8.83. The summed E-state index contributed by atoms with van der Waals surface area (Å²) in [4.78, 5) is 150. The van der Waals surface area contributed by atoms with Gasteiger partial charge in [-0.2, -0.15) is 0 Å². The van der Waals surface area contributed by atoms with Gasteiger partial charge >= 0.3 is 0 Å². The monoisotopic (exact) mass is 1040 g/mol. The van der Waals surface area contributed by atoms with Crippen LogP contribution in [-0.2, 0) is 59.2 Å². The number of ether oxygens (including phenoxy) is 1. The Bertz CT molecular complexity index is 2080. The van der Waals surface area contributed by atoms with Crippen LogP contribution in [0.25, 0.3) is 0 Å². The summed E-state index contributed by atoms with van der Waals surface area (Å²) in [6, 6.07) is -1.63. The van der Waals surface area contributed by atoms with Crippen LogP contribution < -0.4 is 70.6 Å².